The zero-order valence-corrected chi connectivity index (χ0v) is 17.8. The van der Waals surface area contributed by atoms with Gasteiger partial charge in [-0.1, -0.05) is 32.3 Å². The molecule has 0 bridgehead atoms. The Kier molecular flexibility index (Phi) is 6.72. The van der Waals surface area contributed by atoms with E-state index in [1.807, 2.05) is 30.3 Å². The molecule has 2 aliphatic rings. The predicted molar refractivity (Wildman–Crippen MR) is 116 cm³/mol. The van der Waals surface area contributed by atoms with Gasteiger partial charge in [0.15, 0.2) is 11.5 Å². The first-order valence-corrected chi connectivity index (χ1v) is 10.9. The van der Waals surface area contributed by atoms with Crippen LogP contribution in [0.1, 0.15) is 44.6 Å². The zero-order chi connectivity index (χ0) is 21.6. The van der Waals surface area contributed by atoms with Gasteiger partial charge in [0.1, 0.15) is 5.75 Å². The lowest BCUT2D eigenvalue weighted by atomic mass is 10.1. The van der Waals surface area contributed by atoms with Crippen LogP contribution in [0.5, 0.6) is 17.2 Å². The van der Waals surface area contributed by atoms with E-state index in [1.54, 1.807) is 12.1 Å². The summed E-state index contributed by atoms with van der Waals surface area (Å²) in [6.45, 7) is 3.53. The third-order valence-electron chi connectivity index (χ3n) is 5.50. The van der Waals surface area contributed by atoms with E-state index >= 15 is 0 Å². The highest BCUT2D eigenvalue weighted by Crippen LogP contribution is 2.32. The summed E-state index contributed by atoms with van der Waals surface area (Å²) in [5, 5.41) is 3.19. The molecule has 1 atom stereocenters. The Bertz CT molecular complexity index is 928. The molecule has 2 heterocycles. The van der Waals surface area contributed by atoms with Crippen molar-refractivity contribution in [1.29, 1.82) is 0 Å². The Balaban J connectivity index is 1.31. The topological polar surface area (TPSA) is 77.1 Å². The number of rotatable bonds is 10. The van der Waals surface area contributed by atoms with Gasteiger partial charge < -0.3 is 19.5 Å². The highest BCUT2D eigenvalue weighted by molar-refractivity contribution is 6.22. The second kappa shape index (κ2) is 9.83. The summed E-state index contributed by atoms with van der Waals surface area (Å²) in [7, 11) is 0. The normalized spacial score (nSPS) is 17.5. The molecule has 0 radical (unpaired) electrons. The van der Waals surface area contributed by atoms with E-state index in [9.17, 15) is 9.59 Å². The maximum absolute atomic E-state index is 12.8. The molecule has 4 rings (SSSR count). The monoisotopic (exact) mass is 424 g/mol. The number of carbonyl (C=O) groups excluding carboxylic acids is 2. The van der Waals surface area contributed by atoms with Crippen LogP contribution in [0.25, 0.3) is 0 Å². The highest BCUT2D eigenvalue weighted by Gasteiger charge is 2.39. The molecule has 2 aromatic rings. The molecule has 1 N–H and O–H groups in total. The summed E-state index contributed by atoms with van der Waals surface area (Å²) >= 11 is 0. The quantitative estimate of drug-likeness (QED) is 0.462. The van der Waals surface area contributed by atoms with Crippen molar-refractivity contribution in [1.82, 2.24) is 5.32 Å². The van der Waals surface area contributed by atoms with Crippen LogP contribution in [-0.2, 0) is 16.1 Å². The van der Waals surface area contributed by atoms with Gasteiger partial charge in [0.05, 0.1) is 24.8 Å². The molecule has 7 heteroatoms. The number of nitrogens with one attached hydrogen (secondary N) is 1. The number of unbranched alkanes of at least 4 members (excludes halogenated alkanes) is 3. The number of fused-ring (bicyclic) bond motifs is 1. The fourth-order valence-corrected chi connectivity index (χ4v) is 3.76. The minimum absolute atomic E-state index is 0.138. The molecule has 1 saturated heterocycles. The van der Waals surface area contributed by atoms with E-state index in [1.165, 1.54) is 17.7 Å². The molecule has 2 amide bonds. The van der Waals surface area contributed by atoms with Gasteiger partial charge in [0, 0.05) is 6.54 Å². The van der Waals surface area contributed by atoms with E-state index in [0.717, 1.165) is 29.9 Å². The first kappa shape index (κ1) is 21.2. The zero-order valence-electron chi connectivity index (χ0n) is 17.8. The summed E-state index contributed by atoms with van der Waals surface area (Å²) in [6, 6.07) is 12.2. The average molecular weight is 424 g/mol. The molecule has 0 unspecified atom stereocenters. The number of hydrogen-bond acceptors (Lipinski definition) is 6. The van der Waals surface area contributed by atoms with Crippen molar-refractivity contribution in [2.45, 2.75) is 51.6 Å². The van der Waals surface area contributed by atoms with Crippen LogP contribution < -0.4 is 24.4 Å². The smallest absolute Gasteiger partial charge is 0.251 e. The number of imide groups is 1. The Morgan fingerprint density at radius 2 is 1.84 bits per heavy atom. The molecular formula is C24H28N2O5. The van der Waals surface area contributed by atoms with Crippen LogP contribution in [0.4, 0.5) is 5.69 Å². The van der Waals surface area contributed by atoms with E-state index in [-0.39, 0.29) is 25.0 Å². The third kappa shape index (κ3) is 4.99. The Hall–Kier alpha value is -3.06. The molecule has 164 valence electrons. The van der Waals surface area contributed by atoms with Crippen molar-refractivity contribution in [3.8, 4) is 17.2 Å². The van der Waals surface area contributed by atoms with E-state index in [0.29, 0.717) is 24.6 Å². The lowest BCUT2D eigenvalue weighted by Crippen LogP contribution is -2.38. The first-order chi connectivity index (χ1) is 15.2. The Morgan fingerprint density at radius 3 is 2.65 bits per heavy atom. The number of nitrogens with zero attached hydrogens (tertiary/aromatic N) is 1. The van der Waals surface area contributed by atoms with E-state index in [2.05, 4.69) is 12.2 Å². The maximum Gasteiger partial charge on any atom is 0.251 e. The number of benzene rings is 2. The minimum atomic E-state index is -0.549. The summed E-state index contributed by atoms with van der Waals surface area (Å²) in [5.41, 5.74) is 1.53. The van der Waals surface area contributed by atoms with Gasteiger partial charge in [-0.15, -0.1) is 0 Å². The molecule has 2 aliphatic heterocycles. The van der Waals surface area contributed by atoms with Gasteiger partial charge in [-0.25, -0.2) is 4.90 Å². The van der Waals surface area contributed by atoms with Crippen molar-refractivity contribution in [2.75, 3.05) is 18.3 Å². The minimum Gasteiger partial charge on any atom is -0.494 e. The lowest BCUT2D eigenvalue weighted by Gasteiger charge is -2.16. The van der Waals surface area contributed by atoms with Crippen LogP contribution in [0, 0.1) is 0 Å². The van der Waals surface area contributed by atoms with Crippen molar-refractivity contribution in [3.63, 3.8) is 0 Å². The van der Waals surface area contributed by atoms with Crippen molar-refractivity contribution >= 4 is 17.5 Å². The third-order valence-corrected chi connectivity index (χ3v) is 5.50. The highest BCUT2D eigenvalue weighted by atomic mass is 16.7. The Labute approximate surface area is 182 Å². The summed E-state index contributed by atoms with van der Waals surface area (Å²) in [6.07, 6.45) is 4.73. The summed E-state index contributed by atoms with van der Waals surface area (Å²) < 4.78 is 16.4. The number of carbonyl (C=O) groups is 2. The standard InChI is InChI=1S/C24H28N2O5/c1-2-3-4-5-12-29-19-9-7-18(8-10-19)26-23(27)14-20(24(26)28)25-15-17-6-11-21-22(13-17)31-16-30-21/h6-11,13,20,25H,2-5,12,14-16H2,1H3/t20-/m0/s1. The molecule has 31 heavy (non-hydrogen) atoms. The molecule has 0 saturated carbocycles. The molecular weight excluding hydrogens is 396 g/mol. The van der Waals surface area contributed by atoms with Crippen molar-refractivity contribution in [2.24, 2.45) is 0 Å². The maximum atomic E-state index is 12.8. The van der Waals surface area contributed by atoms with Crippen LogP contribution >= 0.6 is 0 Å². The number of anilines is 1. The van der Waals surface area contributed by atoms with E-state index in [4.69, 9.17) is 14.2 Å². The van der Waals surface area contributed by atoms with Gasteiger partial charge in [-0.3, -0.25) is 9.59 Å². The van der Waals surface area contributed by atoms with Gasteiger partial charge >= 0.3 is 0 Å². The number of hydrogen-bond donors (Lipinski definition) is 1. The fourth-order valence-electron chi connectivity index (χ4n) is 3.76. The van der Waals surface area contributed by atoms with Gasteiger partial charge in [0.25, 0.3) is 5.91 Å². The average Bonchev–Trinajstić information content (AvgIpc) is 3.36. The molecule has 0 aromatic heterocycles. The van der Waals surface area contributed by atoms with Crippen LogP contribution in [-0.4, -0.2) is 31.3 Å². The largest absolute Gasteiger partial charge is 0.494 e. The van der Waals surface area contributed by atoms with Gasteiger partial charge in [0.2, 0.25) is 12.7 Å². The summed E-state index contributed by atoms with van der Waals surface area (Å²) in [4.78, 5) is 26.6. The number of amides is 2. The summed E-state index contributed by atoms with van der Waals surface area (Å²) in [5.74, 6) is 1.72. The fraction of sp³-hybridized carbons (Fsp3) is 0.417. The number of ether oxygens (including phenoxy) is 3. The van der Waals surface area contributed by atoms with Crippen LogP contribution in [0.3, 0.4) is 0 Å². The van der Waals surface area contributed by atoms with Crippen molar-refractivity contribution < 1.29 is 23.8 Å². The first-order valence-electron chi connectivity index (χ1n) is 10.9. The van der Waals surface area contributed by atoms with Crippen molar-refractivity contribution in [3.05, 3.63) is 48.0 Å². The van der Waals surface area contributed by atoms with Crippen LogP contribution in [0.2, 0.25) is 0 Å². The van der Waals surface area contributed by atoms with E-state index < -0.39 is 6.04 Å². The molecule has 0 spiro atoms. The van der Waals surface area contributed by atoms with Gasteiger partial charge in [-0.05, 0) is 48.4 Å². The second-order valence-corrected chi connectivity index (χ2v) is 7.80. The molecule has 2 aromatic carbocycles. The molecule has 1 fully saturated rings. The molecule has 7 nitrogen and oxygen atoms in total. The van der Waals surface area contributed by atoms with Crippen LogP contribution in [0.15, 0.2) is 42.5 Å². The SMILES string of the molecule is CCCCCCOc1ccc(N2C(=O)C[C@H](NCc3ccc4c(c3)OCO4)C2=O)cc1. The molecule has 0 aliphatic carbocycles. The Morgan fingerprint density at radius 1 is 1.03 bits per heavy atom. The van der Waals surface area contributed by atoms with Gasteiger partial charge in [-0.2, -0.15) is 0 Å². The predicted octanol–water partition coefficient (Wildman–Crippen LogP) is 3.80. The lowest BCUT2D eigenvalue weighted by molar-refractivity contribution is -0.121. The second-order valence-electron chi connectivity index (χ2n) is 7.80.